The van der Waals surface area contributed by atoms with E-state index >= 15 is 0 Å². The van der Waals surface area contributed by atoms with Crippen LogP contribution in [0.3, 0.4) is 0 Å². The van der Waals surface area contributed by atoms with Crippen LogP contribution >= 0.6 is 0 Å². The number of nitrogens with zero attached hydrogens (tertiary/aromatic N) is 1. The van der Waals surface area contributed by atoms with E-state index in [-0.39, 0.29) is 0 Å². The SMILES string of the molecule is C1=Nc2c3c(c4c(c2-c2ccccc2N/C=C/C=C\1)Cc1ccccc1-4)-c1ccccc1C3. The largest absolute Gasteiger partial charge is 0.361 e. The van der Waals surface area contributed by atoms with Crippen molar-refractivity contribution in [2.24, 2.45) is 4.99 Å². The Balaban J connectivity index is 1.65. The quantitative estimate of drug-likeness (QED) is 0.266. The molecule has 0 saturated carbocycles. The van der Waals surface area contributed by atoms with Crippen LogP contribution in [0.4, 0.5) is 11.4 Å². The summed E-state index contributed by atoms with van der Waals surface area (Å²) in [6, 6.07) is 26.4. The number of hydrogen-bond acceptors (Lipinski definition) is 2. The number of aliphatic imine (C=N–C) groups is 1. The maximum absolute atomic E-state index is 5.11. The molecule has 33 heavy (non-hydrogen) atoms. The van der Waals surface area contributed by atoms with Crippen molar-refractivity contribution >= 4 is 17.6 Å². The van der Waals surface area contributed by atoms with Gasteiger partial charge in [-0.05, 0) is 69.1 Å². The van der Waals surface area contributed by atoms with E-state index in [0.717, 1.165) is 24.2 Å². The first-order valence-corrected chi connectivity index (χ1v) is 11.5. The van der Waals surface area contributed by atoms with Crippen LogP contribution in [-0.2, 0) is 12.8 Å². The molecule has 3 aliphatic rings. The van der Waals surface area contributed by atoms with Crippen LogP contribution in [0.5, 0.6) is 0 Å². The first-order valence-electron chi connectivity index (χ1n) is 11.5. The Morgan fingerprint density at radius 1 is 0.576 bits per heavy atom. The molecule has 2 aliphatic carbocycles. The molecule has 0 bridgehead atoms. The molecule has 0 radical (unpaired) electrons. The summed E-state index contributed by atoms with van der Waals surface area (Å²) in [6.45, 7) is 0. The Hall–Kier alpha value is -4.17. The van der Waals surface area contributed by atoms with Crippen molar-refractivity contribution in [2.45, 2.75) is 12.8 Å². The van der Waals surface area contributed by atoms with Crippen molar-refractivity contribution in [2.75, 3.05) is 5.32 Å². The van der Waals surface area contributed by atoms with Gasteiger partial charge in [-0.25, -0.2) is 0 Å². The van der Waals surface area contributed by atoms with Crippen LogP contribution < -0.4 is 5.32 Å². The van der Waals surface area contributed by atoms with Crippen LogP contribution in [0.2, 0.25) is 0 Å². The average Bonchev–Trinajstić information content (AvgIpc) is 3.41. The first kappa shape index (κ1) is 18.4. The summed E-state index contributed by atoms with van der Waals surface area (Å²) < 4.78 is 0. The van der Waals surface area contributed by atoms with E-state index < -0.39 is 0 Å². The number of benzene rings is 4. The molecule has 2 heteroatoms. The van der Waals surface area contributed by atoms with Gasteiger partial charge in [0.15, 0.2) is 0 Å². The maximum atomic E-state index is 5.11. The predicted molar refractivity (Wildman–Crippen MR) is 138 cm³/mol. The summed E-state index contributed by atoms with van der Waals surface area (Å²) in [5, 5.41) is 3.51. The number of fused-ring (bicyclic) bond motifs is 12. The summed E-state index contributed by atoms with van der Waals surface area (Å²) in [4.78, 5) is 5.11. The standard InChI is InChI=1S/C31H22N2/c1-8-16-32-27-15-7-6-14-24(27)30-25-18-20-10-2-4-12-22(20)28(25)29-23-13-5-3-11-21(23)19-26(29)31(30)33-17-9-1/h1-17,32H,18-19H2/b9-1-,16-8+,33-17?. The minimum absolute atomic E-state index is 0.915. The topological polar surface area (TPSA) is 24.4 Å². The second kappa shape index (κ2) is 7.18. The van der Waals surface area contributed by atoms with Gasteiger partial charge in [0.2, 0.25) is 0 Å². The Kier molecular flexibility index (Phi) is 4.00. The van der Waals surface area contributed by atoms with Gasteiger partial charge in [-0.15, -0.1) is 0 Å². The highest BCUT2D eigenvalue weighted by atomic mass is 14.8. The minimum atomic E-state index is 0.915. The molecule has 0 spiro atoms. The highest BCUT2D eigenvalue weighted by Crippen LogP contribution is 2.57. The molecular formula is C31H22N2. The number of anilines is 1. The average molecular weight is 423 g/mol. The van der Waals surface area contributed by atoms with Crippen molar-refractivity contribution < 1.29 is 0 Å². The van der Waals surface area contributed by atoms with Crippen molar-refractivity contribution in [3.8, 4) is 33.4 Å². The molecule has 156 valence electrons. The smallest absolute Gasteiger partial charge is 0.0753 e. The second-order valence-electron chi connectivity index (χ2n) is 8.81. The fourth-order valence-electron chi connectivity index (χ4n) is 5.68. The molecule has 0 aromatic heterocycles. The lowest BCUT2D eigenvalue weighted by molar-refractivity contribution is 1.22. The van der Waals surface area contributed by atoms with Crippen molar-refractivity contribution in [1.29, 1.82) is 0 Å². The van der Waals surface area contributed by atoms with Gasteiger partial charge in [-0.2, -0.15) is 0 Å². The van der Waals surface area contributed by atoms with Crippen LogP contribution in [-0.4, -0.2) is 6.21 Å². The monoisotopic (exact) mass is 422 g/mol. The van der Waals surface area contributed by atoms with E-state index in [0.29, 0.717) is 0 Å². The Morgan fingerprint density at radius 2 is 1.21 bits per heavy atom. The van der Waals surface area contributed by atoms with Gasteiger partial charge in [-0.3, -0.25) is 4.99 Å². The number of nitrogens with one attached hydrogen (secondary N) is 1. The summed E-state index contributed by atoms with van der Waals surface area (Å²) in [5.41, 5.74) is 15.7. The van der Waals surface area contributed by atoms with E-state index in [2.05, 4.69) is 78.1 Å². The highest BCUT2D eigenvalue weighted by molar-refractivity contribution is 6.06. The van der Waals surface area contributed by atoms with Gasteiger partial charge >= 0.3 is 0 Å². The molecule has 2 nitrogen and oxygen atoms in total. The van der Waals surface area contributed by atoms with Crippen molar-refractivity contribution in [1.82, 2.24) is 0 Å². The molecule has 4 aromatic carbocycles. The summed E-state index contributed by atoms with van der Waals surface area (Å²) >= 11 is 0. The van der Waals surface area contributed by atoms with Gasteiger partial charge in [0.25, 0.3) is 0 Å². The van der Waals surface area contributed by atoms with Gasteiger partial charge in [-0.1, -0.05) is 72.8 Å². The third kappa shape index (κ3) is 2.71. The molecule has 7 rings (SSSR count). The molecular weight excluding hydrogens is 400 g/mol. The van der Waals surface area contributed by atoms with Gasteiger partial charge in [0.1, 0.15) is 0 Å². The van der Waals surface area contributed by atoms with E-state index in [4.69, 9.17) is 4.99 Å². The van der Waals surface area contributed by atoms with Crippen LogP contribution in [0.15, 0.2) is 102 Å². The third-order valence-electron chi connectivity index (χ3n) is 7.03. The molecule has 0 unspecified atom stereocenters. The molecule has 0 amide bonds. The zero-order valence-corrected chi connectivity index (χ0v) is 18.2. The Labute approximate surface area is 193 Å². The Bertz CT molecular complexity index is 1540. The zero-order chi connectivity index (χ0) is 21.8. The third-order valence-corrected chi connectivity index (χ3v) is 7.03. The van der Waals surface area contributed by atoms with Crippen LogP contribution in [0.25, 0.3) is 33.4 Å². The second-order valence-corrected chi connectivity index (χ2v) is 8.81. The lowest BCUT2D eigenvalue weighted by atomic mass is 9.86. The zero-order valence-electron chi connectivity index (χ0n) is 18.2. The number of allylic oxidation sites excluding steroid dienone is 3. The van der Waals surface area contributed by atoms with Crippen LogP contribution in [0, 0.1) is 0 Å². The molecule has 0 atom stereocenters. The number of para-hydroxylation sites is 1. The minimum Gasteiger partial charge on any atom is -0.361 e. The number of hydrogen-bond donors (Lipinski definition) is 1. The van der Waals surface area contributed by atoms with Crippen molar-refractivity contribution in [3.63, 3.8) is 0 Å². The van der Waals surface area contributed by atoms with E-state index in [9.17, 15) is 0 Å². The van der Waals surface area contributed by atoms with Gasteiger partial charge < -0.3 is 5.32 Å². The first-order chi connectivity index (χ1) is 16.4. The predicted octanol–water partition coefficient (Wildman–Crippen LogP) is 7.69. The number of rotatable bonds is 0. The maximum Gasteiger partial charge on any atom is 0.0753 e. The summed E-state index contributed by atoms with van der Waals surface area (Å²) in [5.74, 6) is 0. The van der Waals surface area contributed by atoms with Gasteiger partial charge in [0, 0.05) is 35.6 Å². The molecule has 4 aromatic rings. The molecule has 1 aliphatic heterocycles. The van der Waals surface area contributed by atoms with Gasteiger partial charge in [0.05, 0.1) is 5.69 Å². The lowest BCUT2D eigenvalue weighted by Gasteiger charge is -2.21. The van der Waals surface area contributed by atoms with E-state index in [1.165, 1.54) is 55.6 Å². The summed E-state index contributed by atoms with van der Waals surface area (Å²) in [6.07, 6.45) is 11.8. The van der Waals surface area contributed by atoms with Crippen LogP contribution in [0.1, 0.15) is 22.3 Å². The molecule has 1 N–H and O–H groups in total. The molecule has 0 fully saturated rings. The van der Waals surface area contributed by atoms with E-state index in [1.54, 1.807) is 0 Å². The fourth-order valence-corrected chi connectivity index (χ4v) is 5.68. The Morgan fingerprint density at radius 3 is 2.00 bits per heavy atom. The molecule has 0 saturated heterocycles. The lowest BCUT2D eigenvalue weighted by Crippen LogP contribution is -1.98. The van der Waals surface area contributed by atoms with E-state index in [1.807, 2.05) is 30.6 Å². The summed E-state index contributed by atoms with van der Waals surface area (Å²) in [7, 11) is 0. The molecule has 1 heterocycles. The van der Waals surface area contributed by atoms with Crippen molar-refractivity contribution in [3.05, 3.63) is 119 Å². The normalized spacial score (nSPS) is 16.2. The fraction of sp³-hybridized carbons (Fsp3) is 0.0645. The highest BCUT2D eigenvalue weighted by Gasteiger charge is 2.34.